The Balaban J connectivity index is 1.32. The van der Waals surface area contributed by atoms with Crippen LogP contribution in [0.25, 0.3) is 0 Å². The second-order valence-electron chi connectivity index (χ2n) is 11.2. The van der Waals surface area contributed by atoms with Crippen molar-refractivity contribution in [2.75, 3.05) is 30.3 Å². The number of esters is 2. The summed E-state index contributed by atoms with van der Waals surface area (Å²) in [6, 6.07) is 20.8. The number of nitrogens with one attached hydrogen (secondary N) is 4. The molecule has 3 heterocycles. The minimum absolute atomic E-state index is 0.0152. The molecule has 2 aliphatic heterocycles. The second-order valence-corrected chi connectivity index (χ2v) is 11.2. The van der Waals surface area contributed by atoms with Crippen LogP contribution in [-0.2, 0) is 32.1 Å². The molecule has 6 rings (SSSR count). The molecule has 254 valence electrons. The van der Waals surface area contributed by atoms with Gasteiger partial charge in [-0.1, -0.05) is 42.5 Å². The van der Waals surface area contributed by atoms with E-state index in [1.807, 2.05) is 60.8 Å². The van der Waals surface area contributed by atoms with E-state index in [2.05, 4.69) is 31.2 Å². The number of fused-ring (bicyclic) bond motifs is 1. The number of ether oxygens (including phenoxy) is 4. The van der Waals surface area contributed by atoms with Gasteiger partial charge >= 0.3 is 17.9 Å². The predicted molar refractivity (Wildman–Crippen MR) is 180 cm³/mol. The molecule has 1 amide bonds. The van der Waals surface area contributed by atoms with Crippen LogP contribution in [0.3, 0.4) is 0 Å². The average Bonchev–Trinajstić information content (AvgIpc) is 3.14. The molecule has 50 heavy (non-hydrogen) atoms. The standard InChI is InChI=1S/C36H33N7O7/c1-2-47-30(45)12-10-23-15-25(32-38-13-6-14-39-32)18-26(16-23)49-34-31-33(40-20-29(44)41-31)42-36(43-34)50-28-17-24(19-37)9-11-27(28)35(46)48-21-22-7-4-3-5-8-22/h3-9,11,13,15-18,32,38-39H,2,10,12,14,20-21H2,1H3,(H,41,44)(H,40,42,43). The molecule has 0 saturated carbocycles. The Morgan fingerprint density at radius 2 is 1.86 bits per heavy atom. The van der Waals surface area contributed by atoms with Crippen molar-refractivity contribution in [3.63, 3.8) is 0 Å². The van der Waals surface area contributed by atoms with Crippen LogP contribution in [-0.4, -0.2) is 47.5 Å². The van der Waals surface area contributed by atoms with E-state index in [4.69, 9.17) is 18.9 Å². The van der Waals surface area contributed by atoms with Crippen LogP contribution in [0.1, 0.15) is 52.1 Å². The van der Waals surface area contributed by atoms with Crippen molar-refractivity contribution in [1.29, 1.82) is 5.26 Å². The molecule has 14 nitrogen and oxygen atoms in total. The van der Waals surface area contributed by atoms with Gasteiger partial charge in [0.2, 0.25) is 5.91 Å². The molecule has 0 radical (unpaired) electrons. The average molecular weight is 676 g/mol. The van der Waals surface area contributed by atoms with Crippen LogP contribution in [0.2, 0.25) is 0 Å². The van der Waals surface area contributed by atoms with Gasteiger partial charge in [0.25, 0.3) is 5.88 Å². The van der Waals surface area contributed by atoms with Gasteiger partial charge in [-0.05, 0) is 66.6 Å². The molecule has 1 unspecified atom stereocenters. The fraction of sp³-hybridized carbons (Fsp3) is 0.222. The highest BCUT2D eigenvalue weighted by molar-refractivity contribution is 6.01. The second kappa shape index (κ2) is 15.6. The maximum absolute atomic E-state index is 13.2. The zero-order valence-corrected chi connectivity index (χ0v) is 27.0. The number of nitrogens with zero attached hydrogens (tertiary/aromatic N) is 3. The summed E-state index contributed by atoms with van der Waals surface area (Å²) in [6.45, 7) is 2.65. The zero-order valence-electron chi connectivity index (χ0n) is 27.0. The van der Waals surface area contributed by atoms with E-state index in [0.717, 1.165) is 16.7 Å². The van der Waals surface area contributed by atoms with Gasteiger partial charge in [-0.2, -0.15) is 15.2 Å². The van der Waals surface area contributed by atoms with Crippen LogP contribution in [0.15, 0.2) is 79.0 Å². The Bertz CT molecular complexity index is 1980. The first kappa shape index (κ1) is 33.4. The maximum Gasteiger partial charge on any atom is 0.342 e. The third-order valence-corrected chi connectivity index (χ3v) is 7.56. The van der Waals surface area contributed by atoms with Gasteiger partial charge in [-0.25, -0.2) is 4.79 Å². The lowest BCUT2D eigenvalue weighted by atomic mass is 10.0. The molecule has 1 atom stereocenters. The van der Waals surface area contributed by atoms with Gasteiger partial charge in [0.1, 0.15) is 35.5 Å². The van der Waals surface area contributed by atoms with Crippen molar-refractivity contribution in [2.45, 2.75) is 32.5 Å². The highest BCUT2D eigenvalue weighted by Gasteiger charge is 2.26. The lowest BCUT2D eigenvalue weighted by molar-refractivity contribution is -0.143. The van der Waals surface area contributed by atoms with Crippen LogP contribution in [0.4, 0.5) is 11.5 Å². The zero-order chi connectivity index (χ0) is 34.9. The van der Waals surface area contributed by atoms with E-state index >= 15 is 0 Å². The van der Waals surface area contributed by atoms with E-state index in [-0.39, 0.29) is 84.5 Å². The number of rotatable bonds is 12. The van der Waals surface area contributed by atoms with E-state index in [1.165, 1.54) is 18.2 Å². The van der Waals surface area contributed by atoms with Gasteiger partial charge in [0, 0.05) is 13.0 Å². The Hall–Kier alpha value is -6.46. The predicted octanol–water partition coefficient (Wildman–Crippen LogP) is 4.85. The van der Waals surface area contributed by atoms with Crippen molar-refractivity contribution >= 4 is 29.4 Å². The smallest absolute Gasteiger partial charge is 0.342 e. The van der Waals surface area contributed by atoms with Gasteiger partial charge < -0.3 is 34.9 Å². The molecule has 4 N–H and O–H groups in total. The lowest BCUT2D eigenvalue weighted by Crippen LogP contribution is -2.34. The Kier molecular flexibility index (Phi) is 10.5. The minimum atomic E-state index is -0.680. The molecule has 2 aliphatic rings. The number of amides is 1. The largest absolute Gasteiger partial charge is 0.466 e. The quantitative estimate of drug-likeness (QED) is 0.149. The van der Waals surface area contributed by atoms with E-state index < -0.39 is 5.97 Å². The molecule has 0 bridgehead atoms. The summed E-state index contributed by atoms with van der Waals surface area (Å²) in [5, 5.41) is 21.9. The molecule has 4 aromatic rings. The van der Waals surface area contributed by atoms with Crippen LogP contribution in [0, 0.1) is 11.3 Å². The first-order chi connectivity index (χ1) is 24.4. The SMILES string of the molecule is CCOC(=O)CCc1cc(Oc2nc(Oc3cc(C#N)ccc3C(=O)OCc3ccccc3)nc3c2NC(=O)CN3)cc(C2NC=CCN2)c1. The Morgan fingerprint density at radius 1 is 1.00 bits per heavy atom. The van der Waals surface area contributed by atoms with E-state index in [9.17, 15) is 19.6 Å². The number of nitriles is 1. The maximum atomic E-state index is 13.2. The van der Waals surface area contributed by atoms with Crippen LogP contribution in [0.5, 0.6) is 23.4 Å². The highest BCUT2D eigenvalue weighted by Crippen LogP contribution is 2.38. The lowest BCUT2D eigenvalue weighted by Gasteiger charge is -2.24. The summed E-state index contributed by atoms with van der Waals surface area (Å²) in [7, 11) is 0. The topological polar surface area (TPSA) is 186 Å². The summed E-state index contributed by atoms with van der Waals surface area (Å²) in [4.78, 5) is 46.6. The molecule has 14 heteroatoms. The molecule has 1 aromatic heterocycles. The highest BCUT2D eigenvalue weighted by atomic mass is 16.5. The van der Waals surface area contributed by atoms with Crippen LogP contribution >= 0.6 is 0 Å². The van der Waals surface area contributed by atoms with Gasteiger partial charge in [0.15, 0.2) is 5.82 Å². The first-order valence-electron chi connectivity index (χ1n) is 15.9. The molecule has 0 aliphatic carbocycles. The number of carbonyl (C=O) groups is 3. The van der Waals surface area contributed by atoms with Gasteiger partial charge in [-0.3, -0.25) is 14.9 Å². The summed E-state index contributed by atoms with van der Waals surface area (Å²) in [6.07, 6.45) is 4.12. The number of aryl methyl sites for hydroxylation is 1. The van der Waals surface area contributed by atoms with Crippen molar-refractivity contribution in [2.24, 2.45) is 0 Å². The number of anilines is 2. The third kappa shape index (κ3) is 8.33. The van der Waals surface area contributed by atoms with Crippen molar-refractivity contribution in [3.8, 4) is 29.5 Å². The number of aromatic nitrogens is 2. The summed E-state index contributed by atoms with van der Waals surface area (Å²) >= 11 is 0. The van der Waals surface area contributed by atoms with Crippen molar-refractivity contribution in [1.82, 2.24) is 20.6 Å². The van der Waals surface area contributed by atoms with E-state index in [0.29, 0.717) is 18.7 Å². The van der Waals surface area contributed by atoms with Crippen molar-refractivity contribution < 1.29 is 33.3 Å². The molecule has 0 fully saturated rings. The number of benzene rings is 3. The molecule has 3 aromatic carbocycles. The third-order valence-electron chi connectivity index (χ3n) is 7.56. The summed E-state index contributed by atoms with van der Waals surface area (Å²) in [5.74, 6) is -0.819. The molecule has 0 saturated heterocycles. The first-order valence-corrected chi connectivity index (χ1v) is 15.9. The minimum Gasteiger partial charge on any atom is -0.466 e. The number of hydrogen-bond donors (Lipinski definition) is 4. The number of carbonyl (C=O) groups excluding carboxylic acids is 3. The van der Waals surface area contributed by atoms with E-state index in [1.54, 1.807) is 13.0 Å². The molecule has 0 spiro atoms. The van der Waals surface area contributed by atoms with Crippen LogP contribution < -0.4 is 30.7 Å². The normalized spacial score (nSPS) is 14.6. The Morgan fingerprint density at radius 3 is 2.64 bits per heavy atom. The summed E-state index contributed by atoms with van der Waals surface area (Å²) < 4.78 is 23.0. The fourth-order valence-corrected chi connectivity index (χ4v) is 5.20. The van der Waals surface area contributed by atoms with Gasteiger partial charge in [-0.15, -0.1) is 0 Å². The Labute approximate surface area is 287 Å². The van der Waals surface area contributed by atoms with Gasteiger partial charge in [0.05, 0.1) is 24.8 Å². The summed E-state index contributed by atoms with van der Waals surface area (Å²) in [5.41, 5.74) is 2.88. The molecular weight excluding hydrogens is 642 g/mol. The fourth-order valence-electron chi connectivity index (χ4n) is 5.20. The molecular formula is C36H33N7O7. The monoisotopic (exact) mass is 675 g/mol. The van der Waals surface area contributed by atoms with Crippen molar-refractivity contribution in [3.05, 3.63) is 107 Å². The number of hydrogen-bond acceptors (Lipinski definition) is 13.